The highest BCUT2D eigenvalue weighted by Gasteiger charge is 2.26. The fourth-order valence-corrected chi connectivity index (χ4v) is 3.82. The molecule has 0 atom stereocenters. The minimum absolute atomic E-state index is 0.0970. The monoisotopic (exact) mass is 490 g/mol. The maximum atomic E-state index is 13.8. The Labute approximate surface area is 207 Å². The number of amides is 1. The van der Waals surface area contributed by atoms with Crippen molar-refractivity contribution in [2.75, 3.05) is 19.0 Å². The third-order valence-corrected chi connectivity index (χ3v) is 5.56. The molecule has 6 nitrogen and oxygen atoms in total. The van der Waals surface area contributed by atoms with Crippen molar-refractivity contribution < 1.29 is 27.8 Å². The van der Waals surface area contributed by atoms with Crippen LogP contribution in [0.2, 0.25) is 0 Å². The van der Waals surface area contributed by atoms with Gasteiger partial charge in [-0.05, 0) is 48.4 Å². The summed E-state index contributed by atoms with van der Waals surface area (Å²) in [6.45, 7) is 2.15. The molecule has 8 heteroatoms. The van der Waals surface area contributed by atoms with Crippen LogP contribution in [0, 0.1) is 11.6 Å². The van der Waals surface area contributed by atoms with Crippen LogP contribution >= 0.6 is 0 Å². The summed E-state index contributed by atoms with van der Waals surface area (Å²) >= 11 is 0. The van der Waals surface area contributed by atoms with Gasteiger partial charge in [0.1, 0.15) is 5.75 Å². The first-order valence-electron chi connectivity index (χ1n) is 11.3. The lowest BCUT2D eigenvalue weighted by atomic mass is 10.1. The Morgan fingerprint density at radius 3 is 2.31 bits per heavy atom. The van der Waals surface area contributed by atoms with E-state index in [1.807, 2.05) is 30.3 Å². The number of nitrogens with one attached hydrogen (secondary N) is 1. The van der Waals surface area contributed by atoms with Gasteiger partial charge in [0.15, 0.2) is 17.3 Å². The quantitative estimate of drug-likeness (QED) is 0.311. The van der Waals surface area contributed by atoms with Crippen LogP contribution in [0.3, 0.4) is 0 Å². The van der Waals surface area contributed by atoms with Crippen LogP contribution in [0.5, 0.6) is 5.75 Å². The first kappa shape index (κ1) is 24.7. The number of carbonyl (C=O) groups is 2. The SMILES string of the molecule is CCOC(=O)c1c(NC(=O)c2ccc(F)c(F)c2)c(-c2ccc(OC)cc2)cn1Cc1ccccc1. The third kappa shape index (κ3) is 5.27. The number of carbonyl (C=O) groups excluding carboxylic acids is 2. The molecule has 0 aliphatic carbocycles. The summed E-state index contributed by atoms with van der Waals surface area (Å²) in [5, 5.41) is 2.73. The van der Waals surface area contributed by atoms with Crippen molar-refractivity contribution >= 4 is 17.6 Å². The third-order valence-electron chi connectivity index (χ3n) is 5.56. The molecule has 0 spiro atoms. The molecule has 0 saturated carbocycles. The molecule has 3 aromatic carbocycles. The molecule has 0 aliphatic heterocycles. The predicted octanol–water partition coefficient (Wildman–Crippen LogP) is 5.92. The van der Waals surface area contributed by atoms with E-state index in [1.165, 1.54) is 6.07 Å². The summed E-state index contributed by atoms with van der Waals surface area (Å²) in [5.41, 5.74) is 2.41. The maximum absolute atomic E-state index is 13.8. The van der Waals surface area contributed by atoms with Gasteiger partial charge >= 0.3 is 5.97 Å². The second kappa shape index (κ2) is 10.9. The molecule has 1 aromatic heterocycles. The summed E-state index contributed by atoms with van der Waals surface area (Å²) in [6.07, 6.45) is 1.75. The van der Waals surface area contributed by atoms with Gasteiger partial charge in [0, 0.05) is 23.9 Å². The first-order chi connectivity index (χ1) is 17.4. The molecular formula is C28H24F2N2O4. The van der Waals surface area contributed by atoms with E-state index in [0.717, 1.165) is 17.7 Å². The molecule has 1 heterocycles. The molecule has 0 fully saturated rings. The number of hydrogen-bond donors (Lipinski definition) is 1. The van der Waals surface area contributed by atoms with Crippen molar-refractivity contribution in [2.24, 2.45) is 0 Å². The highest BCUT2D eigenvalue weighted by atomic mass is 19.2. The van der Waals surface area contributed by atoms with Gasteiger partial charge in [0.25, 0.3) is 5.91 Å². The van der Waals surface area contributed by atoms with Crippen LogP contribution in [-0.4, -0.2) is 30.2 Å². The second-order valence-corrected chi connectivity index (χ2v) is 7.91. The maximum Gasteiger partial charge on any atom is 0.357 e. The Kier molecular flexibility index (Phi) is 7.44. The summed E-state index contributed by atoms with van der Waals surface area (Å²) in [5.74, 6) is -2.90. The average Bonchev–Trinajstić information content (AvgIpc) is 3.23. The molecule has 0 unspecified atom stereocenters. The molecule has 0 radical (unpaired) electrons. The number of anilines is 1. The van der Waals surface area contributed by atoms with Gasteiger partial charge < -0.3 is 19.4 Å². The number of aromatic nitrogens is 1. The Balaban J connectivity index is 1.85. The molecule has 0 bridgehead atoms. The number of rotatable bonds is 8. The zero-order valence-corrected chi connectivity index (χ0v) is 19.8. The van der Waals surface area contributed by atoms with Crippen LogP contribution in [0.15, 0.2) is 79.0 Å². The number of ether oxygens (including phenoxy) is 2. The van der Waals surface area contributed by atoms with Gasteiger partial charge in [-0.2, -0.15) is 0 Å². The fourth-order valence-electron chi connectivity index (χ4n) is 3.82. The van der Waals surface area contributed by atoms with E-state index in [4.69, 9.17) is 9.47 Å². The number of benzene rings is 3. The first-order valence-corrected chi connectivity index (χ1v) is 11.3. The fraction of sp³-hybridized carbons (Fsp3) is 0.143. The molecule has 0 aliphatic rings. The average molecular weight is 491 g/mol. The Bertz CT molecular complexity index is 1380. The van der Waals surface area contributed by atoms with E-state index in [9.17, 15) is 18.4 Å². The zero-order valence-electron chi connectivity index (χ0n) is 19.8. The second-order valence-electron chi connectivity index (χ2n) is 7.91. The lowest BCUT2D eigenvalue weighted by Gasteiger charge is -2.12. The van der Waals surface area contributed by atoms with E-state index < -0.39 is 23.5 Å². The van der Waals surface area contributed by atoms with Gasteiger partial charge in [-0.3, -0.25) is 4.79 Å². The van der Waals surface area contributed by atoms with Crippen LogP contribution in [0.1, 0.15) is 33.3 Å². The lowest BCUT2D eigenvalue weighted by molar-refractivity contribution is 0.0515. The Hall–Kier alpha value is -4.46. The number of nitrogens with zero attached hydrogens (tertiary/aromatic N) is 1. The van der Waals surface area contributed by atoms with E-state index >= 15 is 0 Å². The highest BCUT2D eigenvalue weighted by Crippen LogP contribution is 2.35. The molecular weight excluding hydrogens is 466 g/mol. The number of halogens is 2. The molecule has 1 N–H and O–H groups in total. The van der Waals surface area contributed by atoms with Gasteiger partial charge in [0.2, 0.25) is 0 Å². The van der Waals surface area contributed by atoms with Gasteiger partial charge in [-0.25, -0.2) is 13.6 Å². The van der Waals surface area contributed by atoms with Gasteiger partial charge in [0.05, 0.1) is 19.4 Å². The molecule has 1 amide bonds. The van der Waals surface area contributed by atoms with Crippen molar-refractivity contribution in [3.63, 3.8) is 0 Å². The molecule has 184 valence electrons. The molecule has 0 saturated heterocycles. The minimum Gasteiger partial charge on any atom is -0.497 e. The Morgan fingerprint density at radius 2 is 1.67 bits per heavy atom. The largest absolute Gasteiger partial charge is 0.497 e. The molecule has 4 rings (SSSR count). The summed E-state index contributed by atoms with van der Waals surface area (Å²) in [4.78, 5) is 26.2. The zero-order chi connectivity index (χ0) is 25.7. The normalized spacial score (nSPS) is 10.7. The standard InChI is InChI=1S/C28H24F2N2O4/c1-3-36-28(34)26-25(31-27(33)20-11-14-23(29)24(30)15-20)22(19-9-12-21(35-2)13-10-19)17-32(26)16-18-7-5-4-6-8-18/h4-15,17H,3,16H2,1-2H3,(H,31,33). The van der Waals surface area contributed by atoms with Crippen LogP contribution in [0.4, 0.5) is 14.5 Å². The van der Waals surface area contributed by atoms with Crippen LogP contribution in [-0.2, 0) is 11.3 Å². The number of hydrogen-bond acceptors (Lipinski definition) is 4. The number of methoxy groups -OCH3 is 1. The minimum atomic E-state index is -1.15. The molecule has 4 aromatic rings. The summed E-state index contributed by atoms with van der Waals surface area (Å²) < 4.78 is 39.5. The predicted molar refractivity (Wildman–Crippen MR) is 132 cm³/mol. The van der Waals surface area contributed by atoms with Gasteiger partial charge in [-0.15, -0.1) is 0 Å². The molecule has 36 heavy (non-hydrogen) atoms. The van der Waals surface area contributed by atoms with E-state index in [-0.39, 0.29) is 23.6 Å². The van der Waals surface area contributed by atoms with Crippen molar-refractivity contribution in [3.05, 3.63) is 107 Å². The smallest absolute Gasteiger partial charge is 0.357 e. The van der Waals surface area contributed by atoms with Crippen LogP contribution < -0.4 is 10.1 Å². The van der Waals surface area contributed by atoms with Crippen LogP contribution in [0.25, 0.3) is 11.1 Å². The highest BCUT2D eigenvalue weighted by molar-refractivity contribution is 6.10. The number of esters is 1. The van der Waals surface area contributed by atoms with E-state index in [2.05, 4.69) is 5.32 Å². The summed E-state index contributed by atoms with van der Waals surface area (Å²) in [6, 6.07) is 19.5. The summed E-state index contributed by atoms with van der Waals surface area (Å²) in [7, 11) is 1.55. The van der Waals surface area contributed by atoms with Crippen molar-refractivity contribution in [1.29, 1.82) is 0 Å². The van der Waals surface area contributed by atoms with Crippen molar-refractivity contribution in [1.82, 2.24) is 4.57 Å². The van der Waals surface area contributed by atoms with Crippen molar-refractivity contribution in [2.45, 2.75) is 13.5 Å². The van der Waals surface area contributed by atoms with Gasteiger partial charge in [-0.1, -0.05) is 42.5 Å². The lowest BCUT2D eigenvalue weighted by Crippen LogP contribution is -2.18. The van der Waals surface area contributed by atoms with E-state index in [0.29, 0.717) is 23.4 Å². The van der Waals surface area contributed by atoms with Crippen molar-refractivity contribution in [3.8, 4) is 16.9 Å². The Morgan fingerprint density at radius 1 is 0.944 bits per heavy atom. The topological polar surface area (TPSA) is 69.6 Å². The van der Waals surface area contributed by atoms with E-state index in [1.54, 1.807) is 49.1 Å².